The maximum Gasteiger partial charge on any atom is 0.335 e. The average molecular weight is 567 g/mol. The van der Waals surface area contributed by atoms with Crippen molar-refractivity contribution in [3.05, 3.63) is 124 Å². The molecule has 0 saturated heterocycles. The lowest BCUT2D eigenvalue weighted by molar-refractivity contribution is -0.671. The van der Waals surface area contributed by atoms with Crippen LogP contribution in [0.15, 0.2) is 85.2 Å². The van der Waals surface area contributed by atoms with Crippen molar-refractivity contribution in [2.75, 3.05) is 10.8 Å². The number of hydrogen-bond acceptors (Lipinski definition) is 6. The fourth-order valence-corrected chi connectivity index (χ4v) is 4.30. The Kier molecular flexibility index (Phi) is 9.57. The van der Waals surface area contributed by atoms with Crippen LogP contribution in [0.4, 0.5) is 11.4 Å². The van der Waals surface area contributed by atoms with Gasteiger partial charge in [-0.2, -0.15) is 0 Å². The Hall–Kier alpha value is -5.15. The van der Waals surface area contributed by atoms with Gasteiger partial charge in [0.1, 0.15) is 7.05 Å². The Morgan fingerprint density at radius 1 is 0.690 bits per heavy atom. The highest BCUT2D eigenvalue weighted by atomic mass is 16.6. The van der Waals surface area contributed by atoms with Gasteiger partial charge in [0.25, 0.3) is 5.91 Å². The Bertz CT molecular complexity index is 1600. The minimum Gasteiger partial charge on any atom is -0.478 e. The van der Waals surface area contributed by atoms with Crippen LogP contribution >= 0.6 is 0 Å². The summed E-state index contributed by atoms with van der Waals surface area (Å²) in [6.07, 6.45) is 4.96. The molecule has 9 nitrogen and oxygen atoms in total. The van der Waals surface area contributed by atoms with E-state index in [4.69, 9.17) is 4.84 Å². The van der Waals surface area contributed by atoms with E-state index in [-0.39, 0.29) is 29.6 Å². The number of nitrogens with one attached hydrogen (secondary N) is 2. The molecule has 42 heavy (non-hydrogen) atoms. The van der Waals surface area contributed by atoms with Crippen LogP contribution in [0.25, 0.3) is 0 Å². The van der Waals surface area contributed by atoms with Crippen molar-refractivity contribution in [2.24, 2.45) is 7.05 Å². The summed E-state index contributed by atoms with van der Waals surface area (Å²) in [6.45, 7) is 2.95. The third-order valence-corrected chi connectivity index (χ3v) is 6.63. The second-order valence-corrected chi connectivity index (χ2v) is 10.0. The predicted octanol–water partition coefficient (Wildman–Crippen LogP) is 5.20. The summed E-state index contributed by atoms with van der Waals surface area (Å²) in [4.78, 5) is 53.5. The van der Waals surface area contributed by atoms with Gasteiger partial charge in [-0.25, -0.2) is 9.36 Å². The van der Waals surface area contributed by atoms with Crippen molar-refractivity contribution < 1.29 is 33.7 Å². The Balaban J connectivity index is 1.35. The van der Waals surface area contributed by atoms with Crippen molar-refractivity contribution >= 4 is 34.8 Å². The number of Topliss-reactive ketones (excluding diaryl/α,β-unsaturated/α-hetero) is 2. The zero-order chi connectivity index (χ0) is 30.2. The maximum atomic E-state index is 12.7. The van der Waals surface area contributed by atoms with E-state index in [2.05, 4.69) is 10.8 Å². The molecule has 0 radical (unpaired) electrons. The van der Waals surface area contributed by atoms with E-state index >= 15 is 0 Å². The molecule has 0 aliphatic heterocycles. The van der Waals surface area contributed by atoms with Gasteiger partial charge in [0.15, 0.2) is 24.0 Å². The Morgan fingerprint density at radius 3 is 1.93 bits per heavy atom. The second-order valence-electron chi connectivity index (χ2n) is 10.0. The summed E-state index contributed by atoms with van der Waals surface area (Å²) in [5.74, 6) is -1.67. The van der Waals surface area contributed by atoms with Crippen molar-refractivity contribution in [3.8, 4) is 0 Å². The van der Waals surface area contributed by atoms with Crippen LogP contribution in [0.5, 0.6) is 0 Å². The van der Waals surface area contributed by atoms with Gasteiger partial charge in [-0.1, -0.05) is 12.1 Å². The number of pyridine rings is 1. The molecule has 0 aliphatic carbocycles. The van der Waals surface area contributed by atoms with E-state index in [0.29, 0.717) is 46.5 Å². The number of ketones is 2. The smallest absolute Gasteiger partial charge is 0.335 e. The topological polar surface area (TPSA) is 126 Å². The molecule has 1 amide bonds. The van der Waals surface area contributed by atoms with Gasteiger partial charge >= 0.3 is 5.97 Å². The predicted molar refractivity (Wildman–Crippen MR) is 158 cm³/mol. The van der Waals surface area contributed by atoms with E-state index in [1.807, 2.05) is 48.0 Å². The molecule has 0 atom stereocenters. The minimum atomic E-state index is -1.11. The van der Waals surface area contributed by atoms with Crippen LogP contribution in [0.3, 0.4) is 0 Å². The number of carbonyl (C=O) groups excluding carboxylic acids is 3. The number of nitrogens with zero attached hydrogens (tertiary/aromatic N) is 1. The number of aromatic nitrogens is 1. The van der Waals surface area contributed by atoms with Crippen molar-refractivity contribution in [1.82, 2.24) is 0 Å². The molecule has 0 spiro atoms. The molecule has 1 aromatic heterocycles. The maximum absolute atomic E-state index is 12.7. The molecule has 3 N–H and O–H groups in total. The van der Waals surface area contributed by atoms with E-state index in [9.17, 15) is 24.3 Å². The van der Waals surface area contributed by atoms with Gasteiger partial charge in [-0.15, -0.1) is 0 Å². The van der Waals surface area contributed by atoms with Crippen LogP contribution in [0.2, 0.25) is 0 Å². The normalized spacial score (nSPS) is 10.6. The van der Waals surface area contributed by atoms with Crippen LogP contribution in [-0.4, -0.2) is 28.5 Å². The van der Waals surface area contributed by atoms with Gasteiger partial charge < -0.3 is 10.4 Å². The average Bonchev–Trinajstić information content (AvgIpc) is 2.96. The molecule has 4 aromatic rings. The van der Waals surface area contributed by atoms with Crippen LogP contribution in [-0.2, 0) is 31.3 Å². The number of carboxylic acids is 1. The highest BCUT2D eigenvalue weighted by Crippen LogP contribution is 2.20. The summed E-state index contributed by atoms with van der Waals surface area (Å²) < 4.78 is 1.84. The van der Waals surface area contributed by atoms with Crippen LogP contribution in [0, 0.1) is 0 Å². The van der Waals surface area contributed by atoms with Gasteiger partial charge in [-0.05, 0) is 91.9 Å². The molecule has 0 bridgehead atoms. The monoisotopic (exact) mass is 566 g/mol. The number of rotatable bonds is 12. The highest BCUT2D eigenvalue weighted by molar-refractivity contribution is 6.05. The molecule has 9 heteroatoms. The van der Waals surface area contributed by atoms with Crippen LogP contribution in [0.1, 0.15) is 72.0 Å². The minimum absolute atomic E-state index is 0.0273. The summed E-state index contributed by atoms with van der Waals surface area (Å²) in [6, 6.07) is 20.9. The number of benzene rings is 3. The van der Waals surface area contributed by atoms with E-state index in [1.165, 1.54) is 26.0 Å². The van der Waals surface area contributed by atoms with Crippen molar-refractivity contribution in [1.29, 1.82) is 0 Å². The lowest BCUT2D eigenvalue weighted by Crippen LogP contribution is -2.27. The molecule has 3 aromatic carbocycles. The Labute approximate surface area is 243 Å². The summed E-state index contributed by atoms with van der Waals surface area (Å²) >= 11 is 0. The zero-order valence-corrected chi connectivity index (χ0v) is 23.6. The lowest BCUT2D eigenvalue weighted by Gasteiger charge is -2.11. The number of carbonyl (C=O) groups is 4. The molecule has 0 saturated carbocycles. The summed E-state index contributed by atoms with van der Waals surface area (Å²) in [7, 11) is 1.88. The number of amides is 1. The molecular formula is C33H32N3O6+. The Morgan fingerprint density at radius 2 is 1.29 bits per heavy atom. The second kappa shape index (κ2) is 13.5. The molecule has 1 heterocycles. The largest absolute Gasteiger partial charge is 0.478 e. The SMILES string of the molecule is CC(=O)c1cc(CCc2ccc(NOCc3cc(C(C)=O)cc(C(=O)O)c3)cc2)cc(NC(=O)c2cc[n+](C)cc2)c1. The fraction of sp³-hybridized carbons (Fsp3) is 0.182. The fourth-order valence-electron chi connectivity index (χ4n) is 4.30. The lowest BCUT2D eigenvalue weighted by atomic mass is 10.00. The number of anilines is 2. The van der Waals surface area contributed by atoms with Gasteiger partial charge in [-0.3, -0.25) is 24.7 Å². The standard InChI is InChI=1S/C33H31N3O6/c1-21(37)27-15-25(16-29(18-27)33(40)41)20-42-35-30-8-6-23(7-9-30)4-5-24-14-28(22(2)38)19-31(17-24)34-32(39)26-10-12-36(3)13-11-26/h6-19,35H,4-5,20H2,1-3H3,(H-,34,39,40,41)/p+1. The first-order chi connectivity index (χ1) is 20.1. The third-order valence-electron chi connectivity index (χ3n) is 6.63. The first kappa shape index (κ1) is 29.8. The molecule has 0 fully saturated rings. The molecular weight excluding hydrogens is 534 g/mol. The van der Waals surface area contributed by atoms with E-state index in [1.54, 1.807) is 36.7 Å². The number of aromatic carboxylic acids is 1. The molecule has 0 unspecified atom stereocenters. The first-order valence-corrected chi connectivity index (χ1v) is 13.3. The van der Waals surface area contributed by atoms with E-state index in [0.717, 1.165) is 11.1 Å². The van der Waals surface area contributed by atoms with Crippen molar-refractivity contribution in [3.63, 3.8) is 0 Å². The number of aryl methyl sites for hydroxylation is 3. The molecule has 214 valence electrons. The van der Waals surface area contributed by atoms with Crippen molar-refractivity contribution in [2.45, 2.75) is 33.3 Å². The highest BCUT2D eigenvalue weighted by Gasteiger charge is 2.12. The van der Waals surface area contributed by atoms with E-state index < -0.39 is 5.97 Å². The summed E-state index contributed by atoms with van der Waals surface area (Å²) in [5, 5.41) is 12.2. The van der Waals surface area contributed by atoms with Gasteiger partial charge in [0.05, 0.1) is 23.4 Å². The zero-order valence-electron chi connectivity index (χ0n) is 23.6. The quantitative estimate of drug-likeness (QED) is 0.122. The van der Waals surface area contributed by atoms with Gasteiger partial charge in [0, 0.05) is 28.9 Å². The summed E-state index contributed by atoms with van der Waals surface area (Å²) in [5.41, 5.74) is 8.06. The van der Waals surface area contributed by atoms with Gasteiger partial charge in [0.2, 0.25) is 0 Å². The molecule has 0 aliphatic rings. The molecule has 4 rings (SSSR count). The number of hydrogen-bond donors (Lipinski definition) is 3. The number of carboxylic acid groups (broad SMARTS) is 1. The third kappa shape index (κ3) is 8.18. The van der Waals surface area contributed by atoms with Crippen LogP contribution < -0.4 is 15.4 Å². The first-order valence-electron chi connectivity index (χ1n) is 13.3.